The second-order valence-electron chi connectivity index (χ2n) is 5.92. The van der Waals surface area contributed by atoms with E-state index >= 15 is 0 Å². The zero-order valence-corrected chi connectivity index (χ0v) is 12.8. The molecule has 1 atom stereocenters. The van der Waals surface area contributed by atoms with E-state index in [9.17, 15) is 14.7 Å². The van der Waals surface area contributed by atoms with Crippen molar-refractivity contribution in [2.24, 2.45) is 5.92 Å². The van der Waals surface area contributed by atoms with Gasteiger partial charge in [-0.2, -0.15) is 0 Å². The first kappa shape index (κ1) is 17.7. The van der Waals surface area contributed by atoms with Gasteiger partial charge in [0.1, 0.15) is 0 Å². The van der Waals surface area contributed by atoms with Crippen molar-refractivity contribution in [3.05, 3.63) is 0 Å². The number of carboxylic acid groups (broad SMARTS) is 1. The third-order valence-corrected chi connectivity index (χ3v) is 3.75. The van der Waals surface area contributed by atoms with Gasteiger partial charge in [-0.25, -0.2) is 4.79 Å². The van der Waals surface area contributed by atoms with Gasteiger partial charge < -0.3 is 25.2 Å². The van der Waals surface area contributed by atoms with Crippen molar-refractivity contribution in [2.45, 2.75) is 38.2 Å². The van der Waals surface area contributed by atoms with Crippen molar-refractivity contribution < 1.29 is 24.5 Å². The summed E-state index contributed by atoms with van der Waals surface area (Å²) in [6, 6.07) is -0.253. The first-order chi connectivity index (χ1) is 9.82. The zero-order chi connectivity index (χ0) is 15.9. The van der Waals surface area contributed by atoms with Gasteiger partial charge in [-0.05, 0) is 12.3 Å². The predicted molar refractivity (Wildman–Crippen MR) is 77.1 cm³/mol. The topological polar surface area (TPSA) is 99.1 Å². The molecule has 21 heavy (non-hydrogen) atoms. The van der Waals surface area contributed by atoms with E-state index in [1.54, 1.807) is 7.05 Å². The highest BCUT2D eigenvalue weighted by Crippen LogP contribution is 2.21. The maximum absolute atomic E-state index is 12.0. The van der Waals surface area contributed by atoms with Crippen molar-refractivity contribution in [1.29, 1.82) is 0 Å². The average molecular weight is 302 g/mol. The number of aliphatic carboxylic acids is 1. The summed E-state index contributed by atoms with van der Waals surface area (Å²) >= 11 is 0. The van der Waals surface area contributed by atoms with E-state index in [2.05, 4.69) is 5.32 Å². The highest BCUT2D eigenvalue weighted by molar-refractivity contribution is 5.73. The van der Waals surface area contributed by atoms with Crippen LogP contribution in [0, 0.1) is 5.92 Å². The summed E-state index contributed by atoms with van der Waals surface area (Å²) in [6.45, 7) is 3.62. The smallest absolute Gasteiger partial charge is 0.317 e. The summed E-state index contributed by atoms with van der Waals surface area (Å²) in [5.74, 6) is -0.725. The van der Waals surface area contributed by atoms with Gasteiger partial charge >= 0.3 is 12.0 Å². The van der Waals surface area contributed by atoms with E-state index in [4.69, 9.17) is 9.84 Å². The largest absolute Gasteiger partial charge is 0.481 e. The van der Waals surface area contributed by atoms with Gasteiger partial charge in [0.2, 0.25) is 0 Å². The van der Waals surface area contributed by atoms with Gasteiger partial charge in [0.25, 0.3) is 0 Å². The molecule has 122 valence electrons. The summed E-state index contributed by atoms with van der Waals surface area (Å²) in [5.41, 5.74) is -0.876. The zero-order valence-electron chi connectivity index (χ0n) is 12.8. The highest BCUT2D eigenvalue weighted by atomic mass is 16.5. The molecule has 1 aliphatic rings. The Hall–Kier alpha value is -1.34. The lowest BCUT2D eigenvalue weighted by Gasteiger charge is -2.35. The number of carbonyl (C=O) groups excluding carboxylic acids is 1. The molecular formula is C14H26N2O5. The molecule has 1 saturated heterocycles. The predicted octanol–water partition coefficient (Wildman–Crippen LogP) is 0.670. The van der Waals surface area contributed by atoms with E-state index in [1.165, 1.54) is 4.90 Å². The number of urea groups is 1. The molecule has 7 nitrogen and oxygen atoms in total. The molecular weight excluding hydrogens is 276 g/mol. The van der Waals surface area contributed by atoms with Crippen LogP contribution in [0.5, 0.6) is 0 Å². The number of hydrogen-bond acceptors (Lipinski definition) is 4. The van der Waals surface area contributed by atoms with Crippen LogP contribution >= 0.6 is 0 Å². The molecule has 0 bridgehead atoms. The molecule has 1 fully saturated rings. The summed E-state index contributed by atoms with van der Waals surface area (Å²) < 4.78 is 5.21. The van der Waals surface area contributed by atoms with Crippen molar-refractivity contribution in [2.75, 3.05) is 33.4 Å². The van der Waals surface area contributed by atoms with Crippen LogP contribution < -0.4 is 5.32 Å². The normalized spacial score (nSPS) is 18.8. The van der Waals surface area contributed by atoms with Crippen LogP contribution in [0.2, 0.25) is 0 Å². The van der Waals surface area contributed by atoms with Gasteiger partial charge in [-0.15, -0.1) is 0 Å². The van der Waals surface area contributed by atoms with Crippen molar-refractivity contribution in [3.8, 4) is 0 Å². The van der Waals surface area contributed by atoms with Gasteiger partial charge in [-0.3, -0.25) is 4.79 Å². The van der Waals surface area contributed by atoms with E-state index < -0.39 is 11.6 Å². The van der Waals surface area contributed by atoms with Gasteiger partial charge in [0, 0.05) is 46.1 Å². The van der Waals surface area contributed by atoms with Crippen LogP contribution in [0.15, 0.2) is 0 Å². The molecule has 2 amide bonds. The molecule has 0 spiro atoms. The number of carbonyl (C=O) groups is 2. The summed E-state index contributed by atoms with van der Waals surface area (Å²) in [4.78, 5) is 23.9. The van der Waals surface area contributed by atoms with Crippen LogP contribution in [0.25, 0.3) is 0 Å². The Kier molecular flexibility index (Phi) is 6.91. The van der Waals surface area contributed by atoms with E-state index in [0.29, 0.717) is 39.0 Å². The Bertz CT molecular complexity index is 355. The standard InChI is InChI=1S/C14H26N2O5/c1-11(3-4-12(17)18)9-15-13(19)16(2)10-14(20)5-7-21-8-6-14/h11,20H,3-10H2,1-2H3,(H,15,19)(H,17,18). The summed E-state index contributed by atoms with van der Waals surface area (Å²) in [7, 11) is 1.64. The Labute approximate surface area is 125 Å². The molecule has 0 aromatic rings. The second kappa shape index (κ2) is 8.19. The van der Waals surface area contributed by atoms with Crippen molar-refractivity contribution in [3.63, 3.8) is 0 Å². The maximum Gasteiger partial charge on any atom is 0.317 e. The molecule has 0 aliphatic carbocycles. The number of amides is 2. The monoisotopic (exact) mass is 302 g/mol. The summed E-state index contributed by atoms with van der Waals surface area (Å²) in [6.07, 6.45) is 1.69. The fourth-order valence-electron chi connectivity index (χ4n) is 2.29. The number of likely N-dealkylation sites (N-methyl/N-ethyl adjacent to an activating group) is 1. The van der Waals surface area contributed by atoms with Gasteiger partial charge in [0.15, 0.2) is 0 Å². The van der Waals surface area contributed by atoms with Crippen LogP contribution in [0.3, 0.4) is 0 Å². The quantitative estimate of drug-likeness (QED) is 0.642. The Morgan fingerprint density at radius 1 is 1.38 bits per heavy atom. The maximum atomic E-state index is 12.0. The minimum absolute atomic E-state index is 0.101. The fraction of sp³-hybridized carbons (Fsp3) is 0.857. The van der Waals surface area contributed by atoms with Gasteiger partial charge in [-0.1, -0.05) is 6.92 Å². The Morgan fingerprint density at radius 2 is 2.00 bits per heavy atom. The second-order valence-corrected chi connectivity index (χ2v) is 5.92. The number of aliphatic hydroxyl groups is 1. The molecule has 0 radical (unpaired) electrons. The van der Waals surface area contributed by atoms with E-state index in [-0.39, 0.29) is 24.9 Å². The lowest BCUT2D eigenvalue weighted by atomic mass is 9.94. The molecule has 0 aromatic carbocycles. The number of rotatable bonds is 7. The lowest BCUT2D eigenvalue weighted by molar-refractivity contribution is -0.137. The molecule has 1 heterocycles. The molecule has 1 rings (SSSR count). The molecule has 7 heteroatoms. The molecule has 0 aromatic heterocycles. The minimum atomic E-state index is -0.876. The minimum Gasteiger partial charge on any atom is -0.481 e. The molecule has 1 unspecified atom stereocenters. The van der Waals surface area contributed by atoms with E-state index in [0.717, 1.165) is 0 Å². The molecule has 3 N–H and O–H groups in total. The lowest BCUT2D eigenvalue weighted by Crippen LogP contribution is -2.50. The fourth-order valence-corrected chi connectivity index (χ4v) is 2.29. The van der Waals surface area contributed by atoms with Crippen LogP contribution in [-0.4, -0.2) is 66.1 Å². The average Bonchev–Trinajstić information content (AvgIpc) is 2.42. The Morgan fingerprint density at radius 3 is 2.57 bits per heavy atom. The first-order valence-corrected chi connectivity index (χ1v) is 7.33. The van der Waals surface area contributed by atoms with Crippen LogP contribution in [-0.2, 0) is 9.53 Å². The number of ether oxygens (including phenoxy) is 1. The SMILES string of the molecule is CC(CCC(=O)O)CNC(=O)N(C)CC1(O)CCOCC1. The van der Waals surface area contributed by atoms with Crippen LogP contribution in [0.4, 0.5) is 4.79 Å². The number of nitrogens with one attached hydrogen (secondary N) is 1. The Balaban J connectivity index is 2.28. The molecule has 1 aliphatic heterocycles. The number of nitrogens with zero attached hydrogens (tertiary/aromatic N) is 1. The third-order valence-electron chi connectivity index (χ3n) is 3.75. The van der Waals surface area contributed by atoms with Crippen LogP contribution in [0.1, 0.15) is 32.6 Å². The van der Waals surface area contributed by atoms with Crippen molar-refractivity contribution >= 4 is 12.0 Å². The molecule has 0 saturated carbocycles. The first-order valence-electron chi connectivity index (χ1n) is 7.33. The van der Waals surface area contributed by atoms with E-state index in [1.807, 2.05) is 6.92 Å². The number of carboxylic acids is 1. The number of hydrogen-bond donors (Lipinski definition) is 3. The van der Waals surface area contributed by atoms with Gasteiger partial charge in [0.05, 0.1) is 12.1 Å². The summed E-state index contributed by atoms with van der Waals surface area (Å²) in [5, 5.41) is 21.7. The van der Waals surface area contributed by atoms with Crippen molar-refractivity contribution in [1.82, 2.24) is 10.2 Å². The highest BCUT2D eigenvalue weighted by Gasteiger charge is 2.32. The third kappa shape index (κ3) is 6.77.